The number of unbranched alkanes of at least 4 members (excludes halogenated alkanes) is 10. The van der Waals surface area contributed by atoms with Gasteiger partial charge in [-0.15, -0.1) is 0 Å². The summed E-state index contributed by atoms with van der Waals surface area (Å²) in [6, 6.07) is 1.95. The molecular formula is C26H53NO3SSi. The zero-order valence-corrected chi connectivity index (χ0v) is 23.4. The van der Waals surface area contributed by atoms with E-state index >= 15 is 0 Å². The zero-order chi connectivity index (χ0) is 23.3. The number of carbonyl (C=O) groups excluding carboxylic acids is 1. The van der Waals surface area contributed by atoms with Crippen molar-refractivity contribution in [2.24, 2.45) is 5.92 Å². The highest BCUT2D eigenvalue weighted by molar-refractivity contribution is 8.13. The number of thioether (sulfide) groups is 1. The van der Waals surface area contributed by atoms with E-state index in [0.29, 0.717) is 17.5 Å². The molecule has 1 aliphatic rings. The summed E-state index contributed by atoms with van der Waals surface area (Å²) in [5.41, 5.74) is 3.31. The first-order chi connectivity index (χ1) is 15.7. The molecule has 0 amide bonds. The summed E-state index contributed by atoms with van der Waals surface area (Å²) in [5.74, 6) is 1.56. The molecule has 1 fully saturated rings. The Labute approximate surface area is 205 Å². The molecule has 0 aliphatic carbocycles. The lowest BCUT2D eigenvalue weighted by molar-refractivity contribution is -0.111. The van der Waals surface area contributed by atoms with E-state index in [0.717, 1.165) is 56.7 Å². The average molecular weight is 488 g/mol. The third-order valence-electron chi connectivity index (χ3n) is 6.73. The standard InChI is InChI=1S/C26H53NO3SSi/c1-4-7-9-10-11-12-13-14-15-16-18-25-20-21-29-32(6-3,30-27-24-25)23-17-22-31-26(28)19-8-5-2/h25,27H,4-24H2,1-3H3. The molecule has 4 nitrogen and oxygen atoms in total. The fourth-order valence-electron chi connectivity index (χ4n) is 4.40. The van der Waals surface area contributed by atoms with Crippen LogP contribution in [0.15, 0.2) is 0 Å². The van der Waals surface area contributed by atoms with Crippen molar-refractivity contribution >= 4 is 25.4 Å². The summed E-state index contributed by atoms with van der Waals surface area (Å²) in [5, 5.41) is 0.339. The van der Waals surface area contributed by atoms with Gasteiger partial charge in [0.25, 0.3) is 0 Å². The van der Waals surface area contributed by atoms with Gasteiger partial charge in [0.1, 0.15) is 0 Å². The second-order valence-corrected chi connectivity index (χ2v) is 14.3. The maximum atomic E-state index is 11.8. The Hall–Kier alpha value is 0.117. The van der Waals surface area contributed by atoms with E-state index in [1.807, 2.05) is 0 Å². The van der Waals surface area contributed by atoms with Crippen molar-refractivity contribution in [3.63, 3.8) is 0 Å². The number of rotatable bonds is 19. The SMILES string of the molecule is CCCCCCCCCCCCC1CCO[Si](CC)(CCCSC(=O)CCCC)ONC1. The molecule has 0 aromatic rings. The number of hydrogen-bond donors (Lipinski definition) is 1. The van der Waals surface area contributed by atoms with Crippen LogP contribution in [0.4, 0.5) is 0 Å². The molecule has 1 saturated heterocycles. The highest BCUT2D eigenvalue weighted by Gasteiger charge is 2.37. The van der Waals surface area contributed by atoms with E-state index in [1.165, 1.54) is 82.4 Å². The van der Waals surface area contributed by atoms with Crippen molar-refractivity contribution in [3.8, 4) is 0 Å². The highest BCUT2D eigenvalue weighted by atomic mass is 32.2. The highest BCUT2D eigenvalue weighted by Crippen LogP contribution is 2.26. The Balaban J connectivity index is 2.11. The molecule has 1 rings (SSSR count). The molecule has 2 atom stereocenters. The van der Waals surface area contributed by atoms with Gasteiger partial charge in [-0.1, -0.05) is 103 Å². The molecule has 0 radical (unpaired) electrons. The van der Waals surface area contributed by atoms with Crippen LogP contribution in [0.2, 0.25) is 12.1 Å². The van der Waals surface area contributed by atoms with Crippen LogP contribution in [-0.2, 0) is 13.7 Å². The van der Waals surface area contributed by atoms with Crippen molar-refractivity contribution in [1.29, 1.82) is 0 Å². The third-order valence-corrected chi connectivity index (χ3v) is 11.2. The Bertz CT molecular complexity index is 443. The van der Waals surface area contributed by atoms with Gasteiger partial charge in [-0.3, -0.25) is 4.79 Å². The van der Waals surface area contributed by atoms with Crippen LogP contribution in [0.1, 0.15) is 124 Å². The Morgan fingerprint density at radius 2 is 1.56 bits per heavy atom. The Morgan fingerprint density at radius 3 is 2.22 bits per heavy atom. The number of nitrogens with one attached hydrogen (secondary N) is 1. The molecule has 0 saturated carbocycles. The molecule has 0 bridgehead atoms. The predicted molar refractivity (Wildman–Crippen MR) is 142 cm³/mol. The quantitative estimate of drug-likeness (QED) is 0.147. The summed E-state index contributed by atoms with van der Waals surface area (Å²) in [6.45, 7) is 8.40. The molecule has 1 aliphatic heterocycles. The maximum absolute atomic E-state index is 11.8. The van der Waals surface area contributed by atoms with Crippen molar-refractivity contribution < 1.29 is 13.7 Å². The first-order valence-corrected chi connectivity index (χ1v) is 17.1. The summed E-state index contributed by atoms with van der Waals surface area (Å²) in [4.78, 5) is 11.8. The van der Waals surface area contributed by atoms with Gasteiger partial charge < -0.3 is 8.95 Å². The van der Waals surface area contributed by atoms with Gasteiger partial charge in [0.05, 0.1) is 0 Å². The van der Waals surface area contributed by atoms with Crippen LogP contribution in [0.25, 0.3) is 0 Å². The number of hydrogen-bond acceptors (Lipinski definition) is 5. The van der Waals surface area contributed by atoms with E-state index in [-0.39, 0.29) is 0 Å². The molecule has 0 spiro atoms. The second-order valence-electron chi connectivity index (χ2n) is 9.62. The van der Waals surface area contributed by atoms with Gasteiger partial charge in [-0.2, -0.15) is 0 Å². The second kappa shape index (κ2) is 20.5. The predicted octanol–water partition coefficient (Wildman–Crippen LogP) is 8.16. The van der Waals surface area contributed by atoms with Crippen LogP contribution in [0, 0.1) is 5.92 Å². The van der Waals surface area contributed by atoms with E-state index < -0.39 is 8.56 Å². The van der Waals surface area contributed by atoms with Gasteiger partial charge in [-0.25, -0.2) is 5.48 Å². The molecule has 1 heterocycles. The first kappa shape index (κ1) is 30.1. The normalized spacial score (nSPS) is 21.9. The van der Waals surface area contributed by atoms with Gasteiger partial charge in [-0.05, 0) is 43.7 Å². The van der Waals surface area contributed by atoms with Crippen LogP contribution in [-0.4, -0.2) is 32.6 Å². The molecule has 0 aromatic carbocycles. The van der Waals surface area contributed by atoms with Crippen molar-refractivity contribution in [3.05, 3.63) is 0 Å². The molecule has 1 N–H and O–H groups in total. The minimum absolute atomic E-state index is 0.339. The molecule has 0 aromatic heterocycles. The fourth-order valence-corrected chi connectivity index (χ4v) is 8.02. The van der Waals surface area contributed by atoms with Crippen LogP contribution < -0.4 is 5.48 Å². The fraction of sp³-hybridized carbons (Fsp3) is 0.962. The molecular weight excluding hydrogens is 434 g/mol. The molecule has 6 heteroatoms. The van der Waals surface area contributed by atoms with Gasteiger partial charge in [0.2, 0.25) is 0 Å². The summed E-state index contributed by atoms with van der Waals surface area (Å²) in [7, 11) is -2.17. The lowest BCUT2D eigenvalue weighted by atomic mass is 9.97. The largest absolute Gasteiger partial charge is 0.393 e. The summed E-state index contributed by atoms with van der Waals surface area (Å²) < 4.78 is 12.6. The number of carbonyl (C=O) groups is 1. The lowest BCUT2D eigenvalue weighted by Gasteiger charge is -2.33. The van der Waals surface area contributed by atoms with Crippen LogP contribution in [0.5, 0.6) is 0 Å². The molecule has 190 valence electrons. The van der Waals surface area contributed by atoms with Crippen LogP contribution in [0.3, 0.4) is 0 Å². The Morgan fingerprint density at radius 1 is 0.906 bits per heavy atom. The average Bonchev–Trinajstić information content (AvgIpc) is 2.79. The van der Waals surface area contributed by atoms with Gasteiger partial charge in [0, 0.05) is 25.3 Å². The zero-order valence-electron chi connectivity index (χ0n) is 21.6. The van der Waals surface area contributed by atoms with E-state index in [1.54, 1.807) is 0 Å². The van der Waals surface area contributed by atoms with Crippen molar-refractivity contribution in [2.75, 3.05) is 18.9 Å². The lowest BCUT2D eigenvalue weighted by Crippen LogP contribution is -2.49. The smallest absolute Gasteiger partial charge is 0.357 e. The summed E-state index contributed by atoms with van der Waals surface area (Å²) >= 11 is 1.50. The van der Waals surface area contributed by atoms with Gasteiger partial charge in [0.15, 0.2) is 5.12 Å². The number of hydroxylamine groups is 1. The van der Waals surface area contributed by atoms with Crippen molar-refractivity contribution in [2.45, 2.75) is 136 Å². The summed E-state index contributed by atoms with van der Waals surface area (Å²) in [6.07, 6.45) is 20.2. The van der Waals surface area contributed by atoms with Crippen molar-refractivity contribution in [1.82, 2.24) is 5.48 Å². The maximum Gasteiger partial charge on any atom is 0.357 e. The first-order valence-electron chi connectivity index (χ1n) is 13.9. The van der Waals surface area contributed by atoms with Crippen LogP contribution >= 0.6 is 11.8 Å². The third kappa shape index (κ3) is 15.1. The molecule has 2 unspecified atom stereocenters. The monoisotopic (exact) mass is 487 g/mol. The van der Waals surface area contributed by atoms with E-state index in [9.17, 15) is 4.79 Å². The minimum atomic E-state index is -2.17. The van der Waals surface area contributed by atoms with E-state index in [4.69, 9.17) is 8.95 Å². The van der Waals surface area contributed by atoms with E-state index in [2.05, 4.69) is 26.3 Å². The Kier molecular flexibility index (Phi) is 19.3. The topological polar surface area (TPSA) is 47.6 Å². The van der Waals surface area contributed by atoms with Gasteiger partial charge >= 0.3 is 8.56 Å². The minimum Gasteiger partial charge on any atom is -0.393 e. The molecule has 32 heavy (non-hydrogen) atoms.